The summed E-state index contributed by atoms with van der Waals surface area (Å²) in [7, 11) is 0. The molecular formula is C15H14FN3O5. The first kappa shape index (κ1) is 15.9. The number of carbonyl (C=O) groups excluding carboxylic acids is 1. The summed E-state index contributed by atoms with van der Waals surface area (Å²) in [5.41, 5.74) is -1.80. The van der Waals surface area contributed by atoms with Crippen molar-refractivity contribution in [2.24, 2.45) is 0 Å². The average Bonchev–Trinajstić information content (AvgIpc) is 3.12. The maximum Gasteiger partial charge on any atom is 0.343 e. The number of likely N-dealkylation sites (tertiary alicyclic amines) is 1. The molecule has 1 fully saturated rings. The van der Waals surface area contributed by atoms with Crippen LogP contribution in [0.15, 0.2) is 30.5 Å². The Morgan fingerprint density at radius 1 is 1.38 bits per heavy atom. The van der Waals surface area contributed by atoms with Crippen LogP contribution in [0.1, 0.15) is 6.42 Å². The molecule has 1 aliphatic heterocycles. The van der Waals surface area contributed by atoms with Crippen molar-refractivity contribution in [1.29, 1.82) is 0 Å². The van der Waals surface area contributed by atoms with Gasteiger partial charge in [-0.15, -0.1) is 0 Å². The molecule has 1 aromatic heterocycles. The van der Waals surface area contributed by atoms with Gasteiger partial charge in [0.15, 0.2) is 0 Å². The van der Waals surface area contributed by atoms with Gasteiger partial charge in [-0.1, -0.05) is 0 Å². The van der Waals surface area contributed by atoms with Gasteiger partial charge < -0.3 is 14.6 Å². The number of non-ortho nitro benzene ring substituents is 1. The predicted octanol–water partition coefficient (Wildman–Crippen LogP) is 1.57. The van der Waals surface area contributed by atoms with E-state index < -0.39 is 29.0 Å². The van der Waals surface area contributed by atoms with Crippen molar-refractivity contribution in [2.45, 2.75) is 18.6 Å². The first-order valence-corrected chi connectivity index (χ1v) is 7.23. The van der Waals surface area contributed by atoms with Crippen molar-refractivity contribution < 1.29 is 24.0 Å². The summed E-state index contributed by atoms with van der Waals surface area (Å²) in [6.45, 7) is -0.505. The highest BCUT2D eigenvalue weighted by Gasteiger charge is 2.46. The summed E-state index contributed by atoms with van der Waals surface area (Å²) in [6.07, 6.45) is 1.38. The van der Waals surface area contributed by atoms with E-state index in [2.05, 4.69) is 0 Å². The minimum atomic E-state index is -2.39. The van der Waals surface area contributed by atoms with Gasteiger partial charge in [-0.25, -0.2) is 9.18 Å². The van der Waals surface area contributed by atoms with Crippen molar-refractivity contribution in [3.63, 3.8) is 0 Å². The molecule has 126 valence electrons. The van der Waals surface area contributed by atoms with Crippen LogP contribution in [-0.4, -0.2) is 50.1 Å². The van der Waals surface area contributed by atoms with Gasteiger partial charge in [0.25, 0.3) is 5.69 Å². The van der Waals surface area contributed by atoms with E-state index in [9.17, 15) is 24.1 Å². The van der Waals surface area contributed by atoms with Gasteiger partial charge in [0.1, 0.15) is 6.54 Å². The largest absolute Gasteiger partial charge is 0.479 e. The van der Waals surface area contributed by atoms with Crippen molar-refractivity contribution in [1.82, 2.24) is 9.47 Å². The Kier molecular flexibility index (Phi) is 3.70. The van der Waals surface area contributed by atoms with Crippen LogP contribution in [-0.2, 0) is 16.1 Å². The van der Waals surface area contributed by atoms with Gasteiger partial charge in [0.05, 0.1) is 11.5 Å². The topological polar surface area (TPSA) is 106 Å². The Labute approximate surface area is 135 Å². The number of carbonyl (C=O) groups is 2. The number of benzene rings is 1. The van der Waals surface area contributed by atoms with E-state index in [4.69, 9.17) is 5.11 Å². The number of nitro benzene ring substituents is 1. The van der Waals surface area contributed by atoms with Gasteiger partial charge >= 0.3 is 5.97 Å². The number of carboxylic acids is 1. The Morgan fingerprint density at radius 3 is 2.75 bits per heavy atom. The number of nitrogens with zero attached hydrogens (tertiary/aromatic N) is 3. The highest BCUT2D eigenvalue weighted by molar-refractivity contribution is 5.86. The van der Waals surface area contributed by atoms with Crippen molar-refractivity contribution in [3.8, 4) is 0 Å². The van der Waals surface area contributed by atoms with E-state index in [1.165, 1.54) is 17.0 Å². The summed E-state index contributed by atoms with van der Waals surface area (Å²) >= 11 is 0. The lowest BCUT2D eigenvalue weighted by atomic mass is 10.1. The second-order valence-corrected chi connectivity index (χ2v) is 5.78. The smallest absolute Gasteiger partial charge is 0.343 e. The molecule has 8 nitrogen and oxygen atoms in total. The highest BCUT2D eigenvalue weighted by Crippen LogP contribution is 2.27. The van der Waals surface area contributed by atoms with Gasteiger partial charge in [-0.05, 0) is 12.1 Å². The normalized spacial score (nSPS) is 20.5. The number of fused-ring (bicyclic) bond motifs is 1. The third-order valence-electron chi connectivity index (χ3n) is 4.23. The number of hydrogen-bond donors (Lipinski definition) is 1. The monoisotopic (exact) mass is 335 g/mol. The second kappa shape index (κ2) is 5.59. The molecule has 1 aliphatic rings. The number of carboxylic acid groups (broad SMARTS) is 1. The van der Waals surface area contributed by atoms with Crippen molar-refractivity contribution in [2.75, 3.05) is 13.1 Å². The molecule has 3 rings (SSSR count). The first-order valence-electron chi connectivity index (χ1n) is 7.23. The minimum absolute atomic E-state index is 0.0465. The molecule has 0 saturated carbocycles. The summed E-state index contributed by atoms with van der Waals surface area (Å²) in [6, 6.07) is 5.94. The van der Waals surface area contributed by atoms with E-state index in [1.54, 1.807) is 22.9 Å². The lowest BCUT2D eigenvalue weighted by Crippen LogP contribution is -2.39. The number of rotatable bonds is 4. The Morgan fingerprint density at radius 2 is 2.12 bits per heavy atom. The van der Waals surface area contributed by atoms with Crippen LogP contribution >= 0.6 is 0 Å². The molecule has 1 amide bonds. The fourth-order valence-electron chi connectivity index (χ4n) is 2.84. The Bertz CT molecular complexity index is 849. The predicted molar refractivity (Wildman–Crippen MR) is 81.3 cm³/mol. The zero-order chi connectivity index (χ0) is 17.5. The Balaban J connectivity index is 1.77. The molecule has 0 bridgehead atoms. The molecule has 1 aromatic carbocycles. The molecule has 1 N–H and O–H groups in total. The van der Waals surface area contributed by atoms with Gasteiger partial charge in [0, 0.05) is 42.2 Å². The lowest BCUT2D eigenvalue weighted by molar-refractivity contribution is -0.384. The minimum Gasteiger partial charge on any atom is -0.479 e. The highest BCUT2D eigenvalue weighted by atomic mass is 19.1. The van der Waals surface area contributed by atoms with E-state index in [1.807, 2.05) is 0 Å². The maximum absolute atomic E-state index is 14.0. The fraction of sp³-hybridized carbons (Fsp3) is 0.333. The van der Waals surface area contributed by atoms with E-state index >= 15 is 0 Å². The number of hydrogen-bond acceptors (Lipinski definition) is 4. The van der Waals surface area contributed by atoms with Crippen LogP contribution in [0.25, 0.3) is 10.9 Å². The van der Waals surface area contributed by atoms with Crippen molar-refractivity contribution in [3.05, 3.63) is 40.6 Å². The second-order valence-electron chi connectivity index (χ2n) is 5.78. The molecule has 1 atom stereocenters. The van der Waals surface area contributed by atoms with Crippen LogP contribution in [0.3, 0.4) is 0 Å². The number of aromatic nitrogens is 1. The number of halogens is 1. The van der Waals surface area contributed by atoms with E-state index in [-0.39, 0.29) is 25.2 Å². The zero-order valence-corrected chi connectivity index (χ0v) is 12.5. The number of aliphatic carboxylic acids is 1. The van der Waals surface area contributed by atoms with Crippen LogP contribution in [0.5, 0.6) is 0 Å². The standard InChI is InChI=1S/C15H14FN3O5/c16-15(14(21)22)4-6-18(9-15)13(20)8-17-5-3-10-7-11(19(23)24)1-2-12(10)17/h1-3,5,7H,4,6,8-9H2,(H,21,22). The summed E-state index contributed by atoms with van der Waals surface area (Å²) in [5.74, 6) is -1.96. The van der Waals surface area contributed by atoms with Crippen LogP contribution < -0.4 is 0 Å². The maximum atomic E-state index is 14.0. The Hall–Kier alpha value is -2.97. The fourth-order valence-corrected chi connectivity index (χ4v) is 2.84. The molecule has 2 aromatic rings. The van der Waals surface area contributed by atoms with Crippen LogP contribution in [0.2, 0.25) is 0 Å². The third-order valence-corrected chi connectivity index (χ3v) is 4.23. The molecule has 24 heavy (non-hydrogen) atoms. The van der Waals surface area contributed by atoms with Crippen LogP contribution in [0.4, 0.5) is 10.1 Å². The number of nitro groups is 1. The van der Waals surface area contributed by atoms with Gasteiger partial charge in [-0.2, -0.15) is 0 Å². The van der Waals surface area contributed by atoms with E-state index in [0.29, 0.717) is 10.9 Å². The SMILES string of the molecule is O=C(Cn1ccc2cc([N+](=O)[O-])ccc21)N1CCC(F)(C(=O)O)C1. The molecule has 9 heteroatoms. The molecule has 1 saturated heterocycles. The summed E-state index contributed by atoms with van der Waals surface area (Å²) in [4.78, 5) is 34.6. The van der Waals surface area contributed by atoms with Gasteiger partial charge in [-0.3, -0.25) is 14.9 Å². The lowest BCUT2D eigenvalue weighted by Gasteiger charge is -2.18. The number of amides is 1. The van der Waals surface area contributed by atoms with E-state index in [0.717, 1.165) is 0 Å². The number of alkyl halides is 1. The first-order chi connectivity index (χ1) is 11.3. The van der Waals surface area contributed by atoms with Crippen LogP contribution in [0, 0.1) is 10.1 Å². The molecule has 0 spiro atoms. The zero-order valence-electron chi connectivity index (χ0n) is 12.5. The third kappa shape index (κ3) is 2.68. The molecule has 0 aliphatic carbocycles. The quantitative estimate of drug-likeness (QED) is 0.674. The molecule has 1 unspecified atom stereocenters. The van der Waals surface area contributed by atoms with Gasteiger partial charge in [0.2, 0.25) is 11.6 Å². The molecule has 0 radical (unpaired) electrons. The molecular weight excluding hydrogens is 321 g/mol. The molecule has 2 heterocycles. The average molecular weight is 335 g/mol. The summed E-state index contributed by atoms with van der Waals surface area (Å²) in [5, 5.41) is 20.3. The van der Waals surface area contributed by atoms with Crippen molar-refractivity contribution >= 4 is 28.5 Å². The summed E-state index contributed by atoms with van der Waals surface area (Å²) < 4.78 is 15.6.